The highest BCUT2D eigenvalue weighted by Crippen LogP contribution is 2.30. The minimum Gasteiger partial charge on any atom is -0.357 e. The number of hydrogen-bond acceptors (Lipinski definition) is 5. The predicted octanol–water partition coefficient (Wildman–Crippen LogP) is 4.62. The number of ketones is 1. The van der Waals surface area contributed by atoms with Crippen molar-refractivity contribution >= 4 is 34.2 Å². The standard InChI is InChI=1S/C19H21ClFN5O/c1-5-14(27)15(19(2,3)4)25-18-13(21)9-24-17(26-18)12-8-23-16-11(12)6-10(20)7-22-16/h6-9,15H,5H2,1-4H3,(H,22,23)(H,24,25,26)/t15-/m1/s1. The van der Waals surface area contributed by atoms with Crippen molar-refractivity contribution in [2.24, 2.45) is 5.41 Å². The Labute approximate surface area is 161 Å². The number of carbonyl (C=O) groups excluding carboxylic acids is 1. The number of pyridine rings is 1. The number of hydrogen-bond donors (Lipinski definition) is 2. The second kappa shape index (κ2) is 7.23. The average Bonchev–Trinajstić information content (AvgIpc) is 3.02. The van der Waals surface area contributed by atoms with E-state index in [0.29, 0.717) is 28.5 Å². The first-order valence-corrected chi connectivity index (χ1v) is 9.03. The lowest BCUT2D eigenvalue weighted by molar-refractivity contribution is -0.121. The average molecular weight is 390 g/mol. The first-order valence-electron chi connectivity index (χ1n) is 8.65. The van der Waals surface area contributed by atoms with E-state index in [2.05, 4.69) is 25.3 Å². The summed E-state index contributed by atoms with van der Waals surface area (Å²) in [6.45, 7) is 7.55. The highest BCUT2D eigenvalue weighted by Gasteiger charge is 2.31. The summed E-state index contributed by atoms with van der Waals surface area (Å²) in [6, 6.07) is 1.17. The van der Waals surface area contributed by atoms with Crippen LogP contribution in [0.1, 0.15) is 34.1 Å². The van der Waals surface area contributed by atoms with Crippen LogP contribution in [-0.4, -0.2) is 31.8 Å². The Morgan fingerprint density at radius 3 is 2.74 bits per heavy atom. The molecule has 0 radical (unpaired) electrons. The van der Waals surface area contributed by atoms with Crippen LogP contribution in [0, 0.1) is 11.2 Å². The smallest absolute Gasteiger partial charge is 0.183 e. The number of H-pyrrole nitrogens is 1. The van der Waals surface area contributed by atoms with Gasteiger partial charge >= 0.3 is 0 Å². The Kier molecular flexibility index (Phi) is 5.15. The molecule has 0 aliphatic heterocycles. The molecule has 8 heteroatoms. The molecule has 0 amide bonds. The van der Waals surface area contributed by atoms with Crippen LogP contribution in [0.5, 0.6) is 0 Å². The van der Waals surface area contributed by atoms with Crippen molar-refractivity contribution in [2.45, 2.75) is 40.2 Å². The summed E-state index contributed by atoms with van der Waals surface area (Å²) in [4.78, 5) is 28.0. The van der Waals surface area contributed by atoms with Crippen molar-refractivity contribution in [1.29, 1.82) is 0 Å². The third-order valence-electron chi connectivity index (χ3n) is 4.30. The largest absolute Gasteiger partial charge is 0.357 e. The fraction of sp³-hybridized carbons (Fsp3) is 0.368. The molecule has 3 heterocycles. The van der Waals surface area contributed by atoms with E-state index in [1.807, 2.05) is 20.8 Å². The molecule has 0 saturated heterocycles. The van der Waals surface area contributed by atoms with E-state index < -0.39 is 17.3 Å². The Hall–Kier alpha value is -2.54. The molecule has 6 nitrogen and oxygen atoms in total. The van der Waals surface area contributed by atoms with Crippen molar-refractivity contribution in [2.75, 3.05) is 5.32 Å². The summed E-state index contributed by atoms with van der Waals surface area (Å²) in [5, 5.41) is 4.18. The fourth-order valence-corrected chi connectivity index (χ4v) is 3.04. The van der Waals surface area contributed by atoms with E-state index in [4.69, 9.17) is 11.6 Å². The third kappa shape index (κ3) is 3.93. The topological polar surface area (TPSA) is 83.6 Å². The van der Waals surface area contributed by atoms with Crippen molar-refractivity contribution < 1.29 is 9.18 Å². The summed E-state index contributed by atoms with van der Waals surface area (Å²) in [7, 11) is 0. The molecule has 0 saturated carbocycles. The summed E-state index contributed by atoms with van der Waals surface area (Å²) in [6.07, 6.45) is 4.68. The number of rotatable bonds is 5. The molecule has 0 unspecified atom stereocenters. The molecule has 3 aromatic rings. The Morgan fingerprint density at radius 2 is 2.07 bits per heavy atom. The van der Waals surface area contributed by atoms with Crippen LogP contribution in [0.25, 0.3) is 22.4 Å². The zero-order chi connectivity index (χ0) is 19.8. The molecule has 0 aliphatic carbocycles. The lowest BCUT2D eigenvalue weighted by Gasteiger charge is -2.30. The molecule has 0 spiro atoms. The Bertz CT molecular complexity index is 995. The molecular weight excluding hydrogens is 369 g/mol. The highest BCUT2D eigenvalue weighted by molar-refractivity contribution is 6.31. The number of nitrogens with one attached hydrogen (secondary N) is 2. The lowest BCUT2D eigenvalue weighted by Crippen LogP contribution is -2.41. The second-order valence-electron chi connectivity index (χ2n) is 7.41. The number of fused-ring (bicyclic) bond motifs is 1. The number of aromatic nitrogens is 4. The van der Waals surface area contributed by atoms with Crippen molar-refractivity contribution in [3.63, 3.8) is 0 Å². The molecular formula is C19H21ClFN5O. The molecule has 142 valence electrons. The SMILES string of the molecule is CCC(=O)[C@@H](Nc1nc(-c2c[nH]c3ncc(Cl)cc23)ncc1F)C(C)(C)C. The Balaban J connectivity index is 2.03. The zero-order valence-corrected chi connectivity index (χ0v) is 16.4. The molecule has 3 rings (SSSR count). The van der Waals surface area contributed by atoms with Gasteiger partial charge < -0.3 is 10.3 Å². The van der Waals surface area contributed by atoms with Crippen molar-refractivity contribution in [3.05, 3.63) is 35.5 Å². The number of halogens is 2. The van der Waals surface area contributed by atoms with E-state index >= 15 is 0 Å². The molecule has 3 aromatic heterocycles. The van der Waals surface area contributed by atoms with Gasteiger partial charge in [-0.05, 0) is 11.5 Å². The number of Topliss-reactive ketones (excluding diaryl/α,β-unsaturated/α-hetero) is 1. The maximum absolute atomic E-state index is 14.4. The second-order valence-corrected chi connectivity index (χ2v) is 7.84. The summed E-state index contributed by atoms with van der Waals surface area (Å²) in [5.41, 5.74) is 0.880. The zero-order valence-electron chi connectivity index (χ0n) is 15.6. The van der Waals surface area contributed by atoms with Gasteiger partial charge in [0.15, 0.2) is 23.2 Å². The van der Waals surface area contributed by atoms with Gasteiger partial charge in [0.2, 0.25) is 0 Å². The van der Waals surface area contributed by atoms with Gasteiger partial charge in [-0.25, -0.2) is 19.3 Å². The van der Waals surface area contributed by atoms with Gasteiger partial charge in [0.25, 0.3) is 0 Å². The first-order chi connectivity index (χ1) is 12.7. The Morgan fingerprint density at radius 1 is 1.33 bits per heavy atom. The van der Waals surface area contributed by atoms with Gasteiger partial charge in [0.05, 0.1) is 17.3 Å². The molecule has 0 aliphatic rings. The van der Waals surface area contributed by atoms with Crippen LogP contribution in [0.15, 0.2) is 24.7 Å². The van der Waals surface area contributed by atoms with E-state index in [1.165, 1.54) is 6.20 Å². The third-order valence-corrected chi connectivity index (χ3v) is 4.51. The van der Waals surface area contributed by atoms with Crippen LogP contribution in [0.4, 0.5) is 10.2 Å². The molecule has 0 bridgehead atoms. The van der Waals surface area contributed by atoms with Gasteiger partial charge in [0, 0.05) is 29.8 Å². The monoisotopic (exact) mass is 389 g/mol. The van der Waals surface area contributed by atoms with Crippen LogP contribution < -0.4 is 5.32 Å². The molecule has 2 N–H and O–H groups in total. The molecule has 1 atom stereocenters. The van der Waals surface area contributed by atoms with E-state index in [1.54, 1.807) is 19.2 Å². The lowest BCUT2D eigenvalue weighted by atomic mass is 9.83. The maximum Gasteiger partial charge on any atom is 0.183 e. The minimum absolute atomic E-state index is 0.00828. The number of carbonyl (C=O) groups is 1. The van der Waals surface area contributed by atoms with Gasteiger partial charge in [-0.1, -0.05) is 39.3 Å². The fourth-order valence-electron chi connectivity index (χ4n) is 2.88. The van der Waals surface area contributed by atoms with Gasteiger partial charge in [-0.15, -0.1) is 0 Å². The molecule has 0 fully saturated rings. The van der Waals surface area contributed by atoms with Crippen LogP contribution in [0.3, 0.4) is 0 Å². The van der Waals surface area contributed by atoms with Crippen LogP contribution in [0.2, 0.25) is 5.02 Å². The van der Waals surface area contributed by atoms with Crippen molar-refractivity contribution in [3.8, 4) is 11.4 Å². The summed E-state index contributed by atoms with van der Waals surface area (Å²) in [5.74, 6) is -0.324. The predicted molar refractivity (Wildman–Crippen MR) is 104 cm³/mol. The molecule has 27 heavy (non-hydrogen) atoms. The summed E-state index contributed by atoms with van der Waals surface area (Å²) >= 11 is 6.03. The number of aromatic amines is 1. The minimum atomic E-state index is -0.618. The highest BCUT2D eigenvalue weighted by atomic mass is 35.5. The van der Waals surface area contributed by atoms with Gasteiger partial charge in [0.1, 0.15) is 5.65 Å². The van der Waals surface area contributed by atoms with E-state index in [0.717, 1.165) is 11.6 Å². The quantitative estimate of drug-likeness (QED) is 0.665. The van der Waals surface area contributed by atoms with Crippen LogP contribution in [-0.2, 0) is 4.79 Å². The van der Waals surface area contributed by atoms with Crippen LogP contribution >= 0.6 is 11.6 Å². The van der Waals surface area contributed by atoms with Crippen molar-refractivity contribution in [1.82, 2.24) is 19.9 Å². The number of nitrogens with zero attached hydrogens (tertiary/aromatic N) is 3. The van der Waals surface area contributed by atoms with E-state index in [9.17, 15) is 9.18 Å². The van der Waals surface area contributed by atoms with E-state index in [-0.39, 0.29) is 11.6 Å². The molecule has 0 aromatic carbocycles. The normalized spacial score (nSPS) is 13.0. The number of anilines is 1. The van der Waals surface area contributed by atoms with Gasteiger partial charge in [-0.3, -0.25) is 4.79 Å². The maximum atomic E-state index is 14.4. The first kappa shape index (κ1) is 19.2. The summed E-state index contributed by atoms with van der Waals surface area (Å²) < 4.78 is 14.4. The van der Waals surface area contributed by atoms with Gasteiger partial charge in [-0.2, -0.15) is 0 Å².